The number of nitrogens with zero attached hydrogens (tertiary/aromatic N) is 1. The zero-order chi connectivity index (χ0) is 16.9. The van der Waals surface area contributed by atoms with Gasteiger partial charge in [0.1, 0.15) is 5.82 Å². The summed E-state index contributed by atoms with van der Waals surface area (Å²) < 4.78 is 18.3. The van der Waals surface area contributed by atoms with Crippen molar-refractivity contribution < 1.29 is 9.13 Å². The normalized spacial score (nSPS) is 18.5. The lowest BCUT2D eigenvalue weighted by molar-refractivity contribution is 0.159. The summed E-state index contributed by atoms with van der Waals surface area (Å²) in [5.74, 6) is 0.237. The number of aromatic nitrogens is 1. The Morgan fingerprint density at radius 2 is 2.29 bits per heavy atom. The van der Waals surface area contributed by atoms with E-state index < -0.39 is 5.82 Å². The molecule has 0 aliphatic carbocycles. The number of rotatable bonds is 7. The van der Waals surface area contributed by atoms with Gasteiger partial charge < -0.3 is 19.9 Å². The van der Waals surface area contributed by atoms with Gasteiger partial charge in [0.25, 0.3) is 0 Å². The topological polar surface area (TPSA) is 57.4 Å². The molecule has 0 bridgehead atoms. The maximum Gasteiger partial charge on any atom is 0.189 e. The Hall–Kier alpha value is -1.76. The Labute approximate surface area is 140 Å². The van der Waals surface area contributed by atoms with Gasteiger partial charge in [0.2, 0.25) is 0 Å². The van der Waals surface area contributed by atoms with Crippen molar-refractivity contribution in [2.75, 3.05) is 39.9 Å². The first-order valence-electron chi connectivity index (χ1n) is 8.39. The Balaban J connectivity index is 1.53. The van der Waals surface area contributed by atoms with E-state index in [2.05, 4.69) is 15.2 Å². The number of H-pyrrole nitrogens is 1. The number of pyridine rings is 1. The van der Waals surface area contributed by atoms with Gasteiger partial charge in [0.05, 0.1) is 6.61 Å². The number of hydrogen-bond acceptors (Lipinski definition) is 4. The fourth-order valence-electron chi connectivity index (χ4n) is 3.28. The van der Waals surface area contributed by atoms with E-state index in [0.29, 0.717) is 23.4 Å². The molecule has 2 aromatic rings. The summed E-state index contributed by atoms with van der Waals surface area (Å²) in [6.45, 7) is 5.50. The molecule has 1 aliphatic rings. The average Bonchev–Trinajstić information content (AvgIpc) is 3.01. The highest BCUT2D eigenvalue weighted by Gasteiger charge is 2.21. The van der Waals surface area contributed by atoms with Crippen molar-refractivity contribution in [1.82, 2.24) is 15.2 Å². The smallest absolute Gasteiger partial charge is 0.189 e. The lowest BCUT2D eigenvalue weighted by Gasteiger charge is -2.15. The van der Waals surface area contributed by atoms with Gasteiger partial charge in [-0.3, -0.25) is 4.79 Å². The molecule has 0 spiro atoms. The van der Waals surface area contributed by atoms with E-state index in [-0.39, 0.29) is 5.43 Å². The summed E-state index contributed by atoms with van der Waals surface area (Å²) in [6, 6.07) is 5.80. The minimum absolute atomic E-state index is 0.147. The van der Waals surface area contributed by atoms with E-state index in [9.17, 15) is 9.18 Å². The highest BCUT2D eigenvalue weighted by Crippen LogP contribution is 2.15. The van der Waals surface area contributed by atoms with E-state index in [1.165, 1.54) is 18.6 Å². The van der Waals surface area contributed by atoms with Crippen LogP contribution in [0.5, 0.6) is 0 Å². The molecular formula is C18H24FN3O2. The van der Waals surface area contributed by atoms with Gasteiger partial charge in [-0.2, -0.15) is 0 Å². The summed E-state index contributed by atoms with van der Waals surface area (Å²) in [5.41, 5.74) is 1.35. The summed E-state index contributed by atoms with van der Waals surface area (Å²) in [7, 11) is 1.73. The van der Waals surface area contributed by atoms with Gasteiger partial charge in [-0.15, -0.1) is 0 Å². The number of nitrogens with one attached hydrogen (secondary N) is 2. The third-order valence-corrected chi connectivity index (χ3v) is 4.58. The van der Waals surface area contributed by atoms with E-state index in [0.717, 1.165) is 38.5 Å². The second-order valence-electron chi connectivity index (χ2n) is 6.43. The maximum atomic E-state index is 13.2. The molecule has 3 rings (SSSR count). The van der Waals surface area contributed by atoms with Crippen molar-refractivity contribution in [3.63, 3.8) is 0 Å². The predicted molar refractivity (Wildman–Crippen MR) is 92.7 cm³/mol. The first kappa shape index (κ1) is 17.1. The minimum atomic E-state index is -0.391. The van der Waals surface area contributed by atoms with E-state index in [1.807, 2.05) is 0 Å². The van der Waals surface area contributed by atoms with Crippen molar-refractivity contribution in [3.8, 4) is 0 Å². The molecule has 1 aromatic heterocycles. The molecule has 0 amide bonds. The van der Waals surface area contributed by atoms with Crippen LogP contribution in [0.1, 0.15) is 12.1 Å². The van der Waals surface area contributed by atoms with Crippen molar-refractivity contribution in [3.05, 3.63) is 46.0 Å². The standard InChI is InChI=1S/C18H24FN3O2/c1-24-7-6-22-5-4-13(12-22)10-20-11-15-9-18(23)16-8-14(19)2-3-17(16)21-15/h2-3,8-9,13,20H,4-7,10-12H2,1H3,(H,21,23). The number of hydrogen-bond donors (Lipinski definition) is 2. The van der Waals surface area contributed by atoms with Crippen molar-refractivity contribution in [1.29, 1.82) is 0 Å². The quantitative estimate of drug-likeness (QED) is 0.810. The molecule has 24 heavy (non-hydrogen) atoms. The fourth-order valence-corrected chi connectivity index (χ4v) is 3.28. The number of methoxy groups -OCH3 is 1. The third-order valence-electron chi connectivity index (χ3n) is 4.58. The van der Waals surface area contributed by atoms with Crippen LogP contribution >= 0.6 is 0 Å². The van der Waals surface area contributed by atoms with Gasteiger partial charge in [0, 0.05) is 49.4 Å². The molecule has 2 N–H and O–H groups in total. The van der Waals surface area contributed by atoms with Crippen LogP contribution in [-0.2, 0) is 11.3 Å². The number of ether oxygens (including phenoxy) is 1. The summed E-state index contributed by atoms with van der Waals surface area (Å²) in [5, 5.41) is 3.81. The van der Waals surface area contributed by atoms with Gasteiger partial charge in [-0.25, -0.2) is 4.39 Å². The largest absolute Gasteiger partial charge is 0.383 e. The molecule has 6 heteroatoms. The Kier molecular flexibility index (Phi) is 5.60. The second-order valence-corrected chi connectivity index (χ2v) is 6.43. The number of halogens is 1. The van der Waals surface area contributed by atoms with Crippen LogP contribution < -0.4 is 10.7 Å². The summed E-state index contributed by atoms with van der Waals surface area (Å²) in [6.07, 6.45) is 1.18. The number of likely N-dealkylation sites (tertiary alicyclic amines) is 1. The van der Waals surface area contributed by atoms with Crippen LogP contribution in [0.15, 0.2) is 29.1 Å². The Morgan fingerprint density at radius 3 is 3.12 bits per heavy atom. The first-order chi connectivity index (χ1) is 11.7. The molecule has 1 fully saturated rings. The fraction of sp³-hybridized carbons (Fsp3) is 0.500. The molecule has 5 nitrogen and oxygen atoms in total. The Morgan fingerprint density at radius 1 is 1.42 bits per heavy atom. The van der Waals surface area contributed by atoms with Crippen LogP contribution in [0.2, 0.25) is 0 Å². The highest BCUT2D eigenvalue weighted by molar-refractivity contribution is 5.78. The molecule has 2 heterocycles. The molecule has 1 atom stereocenters. The lowest BCUT2D eigenvalue weighted by Crippen LogP contribution is -2.28. The SMILES string of the molecule is COCCN1CCC(CNCc2cc(=O)c3cc(F)ccc3[nH]2)C1. The third kappa shape index (κ3) is 4.20. The maximum absolute atomic E-state index is 13.2. The molecule has 1 aromatic carbocycles. The van der Waals surface area contributed by atoms with Crippen molar-refractivity contribution in [2.24, 2.45) is 5.92 Å². The average molecular weight is 333 g/mol. The summed E-state index contributed by atoms with van der Waals surface area (Å²) in [4.78, 5) is 17.7. The number of fused-ring (bicyclic) bond motifs is 1. The first-order valence-corrected chi connectivity index (χ1v) is 8.39. The number of benzene rings is 1. The minimum Gasteiger partial charge on any atom is -0.383 e. The highest BCUT2D eigenvalue weighted by atomic mass is 19.1. The van der Waals surface area contributed by atoms with Crippen LogP contribution in [0.25, 0.3) is 10.9 Å². The Bertz CT molecular complexity index is 747. The molecule has 0 saturated carbocycles. The molecule has 1 saturated heterocycles. The predicted octanol–water partition coefficient (Wildman–Crippen LogP) is 1.73. The number of aromatic amines is 1. The van der Waals surface area contributed by atoms with Crippen LogP contribution in [0.3, 0.4) is 0 Å². The molecule has 1 aliphatic heterocycles. The monoisotopic (exact) mass is 333 g/mol. The van der Waals surface area contributed by atoms with Crippen molar-refractivity contribution >= 4 is 10.9 Å². The molecular weight excluding hydrogens is 309 g/mol. The molecule has 1 unspecified atom stereocenters. The van der Waals surface area contributed by atoms with Crippen LogP contribution in [0, 0.1) is 11.7 Å². The van der Waals surface area contributed by atoms with E-state index >= 15 is 0 Å². The van der Waals surface area contributed by atoms with Gasteiger partial charge in [-0.05, 0) is 43.6 Å². The van der Waals surface area contributed by atoms with E-state index in [4.69, 9.17) is 4.74 Å². The van der Waals surface area contributed by atoms with Gasteiger partial charge in [0.15, 0.2) is 5.43 Å². The van der Waals surface area contributed by atoms with Crippen LogP contribution in [-0.4, -0.2) is 49.8 Å². The van der Waals surface area contributed by atoms with Gasteiger partial charge in [-0.1, -0.05) is 0 Å². The zero-order valence-corrected chi connectivity index (χ0v) is 14.0. The summed E-state index contributed by atoms with van der Waals surface area (Å²) >= 11 is 0. The van der Waals surface area contributed by atoms with Gasteiger partial charge >= 0.3 is 0 Å². The van der Waals surface area contributed by atoms with Crippen LogP contribution in [0.4, 0.5) is 4.39 Å². The molecule has 130 valence electrons. The van der Waals surface area contributed by atoms with E-state index in [1.54, 1.807) is 19.2 Å². The zero-order valence-electron chi connectivity index (χ0n) is 14.0. The van der Waals surface area contributed by atoms with Crippen molar-refractivity contribution in [2.45, 2.75) is 13.0 Å². The molecule has 0 radical (unpaired) electrons. The lowest BCUT2D eigenvalue weighted by atomic mass is 10.1. The second kappa shape index (κ2) is 7.88.